The molecule has 2 rings (SSSR count). The smallest absolute Gasteiger partial charge is 0.252 e. The van der Waals surface area contributed by atoms with E-state index in [0.717, 1.165) is 12.1 Å². The van der Waals surface area contributed by atoms with Crippen molar-refractivity contribution in [2.45, 2.75) is 44.4 Å². The highest BCUT2D eigenvalue weighted by Crippen LogP contribution is 2.29. The van der Waals surface area contributed by atoms with Gasteiger partial charge in [-0.15, -0.1) is 11.6 Å². The summed E-state index contributed by atoms with van der Waals surface area (Å²) in [6.45, 7) is 5.14. The number of rotatable bonds is 6. The Labute approximate surface area is 141 Å². The Kier molecular flexibility index (Phi) is 6.21. The lowest BCUT2D eigenvalue weighted by molar-refractivity contribution is -0.138. The number of hydrogen-bond donors (Lipinski definition) is 2. The summed E-state index contributed by atoms with van der Waals surface area (Å²) >= 11 is 6.61. The second-order valence-electron chi connectivity index (χ2n) is 6.13. The third kappa shape index (κ3) is 4.56. The van der Waals surface area contributed by atoms with Crippen LogP contribution in [0.5, 0.6) is 0 Å². The highest BCUT2D eigenvalue weighted by molar-refractivity contribution is 6.21. The van der Waals surface area contributed by atoms with Crippen LogP contribution >= 0.6 is 11.6 Å². The Bertz CT molecular complexity index is 541. The molecule has 3 N–H and O–H groups in total. The topological polar surface area (TPSA) is 88.7 Å². The van der Waals surface area contributed by atoms with Gasteiger partial charge in [-0.25, -0.2) is 0 Å². The zero-order valence-corrected chi connectivity index (χ0v) is 14.2. The SMILES string of the molecule is CC(C)N(CC(Cl)C1CCOC(O)C1)c1ccncc1C(N)=O. The number of alkyl halides is 1. The largest absolute Gasteiger partial charge is 0.368 e. The summed E-state index contributed by atoms with van der Waals surface area (Å²) in [4.78, 5) is 17.7. The molecule has 0 aliphatic carbocycles. The first-order valence-electron chi connectivity index (χ1n) is 7.84. The van der Waals surface area contributed by atoms with Crippen molar-refractivity contribution in [3.8, 4) is 0 Å². The first-order chi connectivity index (χ1) is 10.9. The van der Waals surface area contributed by atoms with E-state index in [1.165, 1.54) is 6.20 Å². The van der Waals surface area contributed by atoms with Crippen molar-refractivity contribution in [3.05, 3.63) is 24.0 Å². The van der Waals surface area contributed by atoms with Gasteiger partial charge in [-0.05, 0) is 32.3 Å². The lowest BCUT2D eigenvalue weighted by Crippen LogP contribution is -2.41. The molecule has 6 nitrogen and oxygen atoms in total. The molecule has 1 saturated heterocycles. The summed E-state index contributed by atoms with van der Waals surface area (Å²) < 4.78 is 5.16. The molecule has 3 atom stereocenters. The van der Waals surface area contributed by atoms with Crippen LogP contribution in [-0.4, -0.2) is 46.9 Å². The van der Waals surface area contributed by atoms with Gasteiger partial charge in [-0.1, -0.05) is 0 Å². The normalized spacial score (nSPS) is 22.8. The van der Waals surface area contributed by atoms with Crippen LogP contribution < -0.4 is 10.6 Å². The van der Waals surface area contributed by atoms with Gasteiger partial charge in [-0.3, -0.25) is 9.78 Å². The number of carbonyl (C=O) groups is 1. The fourth-order valence-electron chi connectivity index (χ4n) is 2.88. The van der Waals surface area contributed by atoms with Gasteiger partial charge in [0.15, 0.2) is 6.29 Å². The number of anilines is 1. The Hall–Kier alpha value is -1.37. The van der Waals surface area contributed by atoms with Gasteiger partial charge in [0.25, 0.3) is 5.91 Å². The van der Waals surface area contributed by atoms with E-state index in [-0.39, 0.29) is 17.3 Å². The molecule has 1 amide bonds. The monoisotopic (exact) mass is 341 g/mol. The van der Waals surface area contributed by atoms with Gasteiger partial charge in [0, 0.05) is 31.4 Å². The molecule has 0 bridgehead atoms. The predicted molar refractivity (Wildman–Crippen MR) is 89.6 cm³/mol. The van der Waals surface area contributed by atoms with Crippen molar-refractivity contribution in [2.75, 3.05) is 18.1 Å². The number of pyridine rings is 1. The van der Waals surface area contributed by atoms with E-state index in [2.05, 4.69) is 9.88 Å². The van der Waals surface area contributed by atoms with E-state index in [1.54, 1.807) is 12.3 Å². The van der Waals surface area contributed by atoms with Gasteiger partial charge >= 0.3 is 0 Å². The average Bonchev–Trinajstić information content (AvgIpc) is 2.52. The molecule has 1 aliphatic heterocycles. The van der Waals surface area contributed by atoms with Crippen LogP contribution in [0.3, 0.4) is 0 Å². The van der Waals surface area contributed by atoms with Gasteiger partial charge in [0.1, 0.15) is 0 Å². The van der Waals surface area contributed by atoms with E-state index in [4.69, 9.17) is 22.1 Å². The van der Waals surface area contributed by atoms with Crippen LogP contribution in [0.25, 0.3) is 0 Å². The zero-order valence-electron chi connectivity index (χ0n) is 13.5. The van der Waals surface area contributed by atoms with E-state index in [9.17, 15) is 9.90 Å². The summed E-state index contributed by atoms with van der Waals surface area (Å²) in [6.07, 6.45) is 3.71. The van der Waals surface area contributed by atoms with Crippen molar-refractivity contribution in [3.63, 3.8) is 0 Å². The van der Waals surface area contributed by atoms with Gasteiger partial charge in [0.2, 0.25) is 0 Å². The number of ether oxygens (including phenoxy) is 1. The van der Waals surface area contributed by atoms with E-state index < -0.39 is 12.2 Å². The fourth-order valence-corrected chi connectivity index (χ4v) is 3.26. The molecule has 23 heavy (non-hydrogen) atoms. The average molecular weight is 342 g/mol. The molecular formula is C16H24ClN3O3. The minimum atomic E-state index is -0.746. The quantitative estimate of drug-likeness (QED) is 0.769. The second kappa shape index (κ2) is 7.95. The molecule has 0 saturated carbocycles. The number of halogens is 1. The van der Waals surface area contributed by atoms with E-state index in [1.807, 2.05) is 13.8 Å². The maximum atomic E-state index is 11.7. The molecule has 1 fully saturated rings. The highest BCUT2D eigenvalue weighted by atomic mass is 35.5. The van der Waals surface area contributed by atoms with Crippen molar-refractivity contribution in [2.24, 2.45) is 11.7 Å². The molecule has 0 radical (unpaired) electrons. The Morgan fingerprint density at radius 2 is 2.35 bits per heavy atom. The van der Waals surface area contributed by atoms with Gasteiger partial charge in [0.05, 0.1) is 23.2 Å². The summed E-state index contributed by atoms with van der Waals surface area (Å²) in [7, 11) is 0. The summed E-state index contributed by atoms with van der Waals surface area (Å²) in [5.41, 5.74) is 6.58. The van der Waals surface area contributed by atoms with Crippen molar-refractivity contribution >= 4 is 23.2 Å². The number of nitrogens with two attached hydrogens (primary N) is 1. The lowest BCUT2D eigenvalue weighted by Gasteiger charge is -2.36. The van der Waals surface area contributed by atoms with E-state index >= 15 is 0 Å². The number of carbonyl (C=O) groups excluding carboxylic acids is 1. The number of aliphatic hydroxyl groups excluding tert-OH is 1. The van der Waals surface area contributed by atoms with Gasteiger partial charge in [-0.2, -0.15) is 0 Å². The molecule has 128 valence electrons. The van der Waals surface area contributed by atoms with Crippen LogP contribution in [-0.2, 0) is 4.74 Å². The molecule has 7 heteroatoms. The van der Waals surface area contributed by atoms with Gasteiger partial charge < -0.3 is 20.5 Å². The standard InChI is InChI=1S/C16H24ClN3O3/c1-10(2)20(14-3-5-19-8-12(14)16(18)22)9-13(17)11-4-6-23-15(21)7-11/h3,5,8,10-11,13,15,21H,4,6-7,9H2,1-2H3,(H2,18,22). The Balaban J connectivity index is 2.17. The van der Waals surface area contributed by atoms with Crippen molar-refractivity contribution in [1.82, 2.24) is 4.98 Å². The zero-order chi connectivity index (χ0) is 17.0. The molecular weight excluding hydrogens is 318 g/mol. The number of aromatic nitrogens is 1. The summed E-state index contributed by atoms with van der Waals surface area (Å²) in [5, 5.41) is 9.48. The third-order valence-electron chi connectivity index (χ3n) is 4.18. The molecule has 2 heterocycles. The minimum absolute atomic E-state index is 0.140. The maximum Gasteiger partial charge on any atom is 0.252 e. The number of amides is 1. The van der Waals surface area contributed by atoms with Crippen molar-refractivity contribution in [1.29, 1.82) is 0 Å². The van der Waals surface area contributed by atoms with Crippen LogP contribution in [0.15, 0.2) is 18.5 Å². The fraction of sp³-hybridized carbons (Fsp3) is 0.625. The number of hydrogen-bond acceptors (Lipinski definition) is 5. The van der Waals surface area contributed by atoms with Crippen LogP contribution in [0.1, 0.15) is 37.0 Å². The summed E-state index contributed by atoms with van der Waals surface area (Å²) in [5.74, 6) is -0.341. The Morgan fingerprint density at radius 3 is 2.96 bits per heavy atom. The molecule has 0 spiro atoms. The van der Waals surface area contributed by atoms with Crippen LogP contribution in [0.2, 0.25) is 0 Å². The molecule has 1 aliphatic rings. The first kappa shape index (κ1) is 18.0. The maximum absolute atomic E-state index is 11.7. The van der Waals surface area contributed by atoms with Crippen LogP contribution in [0, 0.1) is 5.92 Å². The molecule has 3 unspecified atom stereocenters. The molecule has 1 aromatic heterocycles. The predicted octanol–water partition coefficient (Wildman–Crippen LogP) is 1.75. The minimum Gasteiger partial charge on any atom is -0.368 e. The third-order valence-corrected chi connectivity index (χ3v) is 4.68. The Morgan fingerprint density at radius 1 is 1.61 bits per heavy atom. The summed E-state index contributed by atoms with van der Waals surface area (Å²) in [6, 6.07) is 1.92. The number of aliphatic hydroxyl groups is 1. The molecule has 0 aromatic carbocycles. The lowest BCUT2D eigenvalue weighted by atomic mass is 9.94. The van der Waals surface area contributed by atoms with Crippen LogP contribution in [0.4, 0.5) is 5.69 Å². The highest BCUT2D eigenvalue weighted by Gasteiger charge is 2.29. The number of nitrogens with zero attached hydrogens (tertiary/aromatic N) is 2. The van der Waals surface area contributed by atoms with E-state index in [0.29, 0.717) is 25.1 Å². The number of primary amides is 1. The first-order valence-corrected chi connectivity index (χ1v) is 8.28. The second-order valence-corrected chi connectivity index (χ2v) is 6.69. The van der Waals surface area contributed by atoms with Crippen molar-refractivity contribution < 1.29 is 14.6 Å². The molecule has 1 aromatic rings.